The Labute approximate surface area is 125 Å². The van der Waals surface area contributed by atoms with E-state index in [-0.39, 0.29) is 0 Å². The topological polar surface area (TPSA) is 39.1 Å². The Morgan fingerprint density at radius 2 is 2.00 bits per heavy atom. The van der Waals surface area contributed by atoms with E-state index in [1.54, 1.807) is 0 Å². The van der Waals surface area contributed by atoms with Gasteiger partial charge in [0.25, 0.3) is 0 Å². The van der Waals surface area contributed by atoms with Gasteiger partial charge in [-0.25, -0.2) is 0 Å². The van der Waals surface area contributed by atoms with Crippen molar-refractivity contribution >= 4 is 17.3 Å². The summed E-state index contributed by atoms with van der Waals surface area (Å²) in [5.74, 6) is 0.949. The lowest BCUT2D eigenvalue weighted by Crippen LogP contribution is -2.43. The van der Waals surface area contributed by atoms with E-state index >= 15 is 0 Å². The van der Waals surface area contributed by atoms with Crippen molar-refractivity contribution in [1.82, 2.24) is 5.32 Å². The summed E-state index contributed by atoms with van der Waals surface area (Å²) in [7, 11) is 0. The molecule has 4 heteroatoms. The van der Waals surface area contributed by atoms with Gasteiger partial charge in [-0.3, -0.25) is 0 Å². The fourth-order valence-electron chi connectivity index (χ4n) is 2.79. The van der Waals surface area contributed by atoms with Crippen LogP contribution >= 0.6 is 11.6 Å². The normalized spacial score (nSPS) is 19.9. The van der Waals surface area contributed by atoms with Crippen LogP contribution in [0.1, 0.15) is 31.2 Å². The van der Waals surface area contributed by atoms with Crippen molar-refractivity contribution in [2.75, 3.05) is 24.5 Å². The Kier molecular flexibility index (Phi) is 4.14. The SMILES string of the molecule is N#Cc1ccc(N2CCC(NCC3CC3)CC2)cc1Cl. The molecule has 3 nitrogen and oxygen atoms in total. The maximum Gasteiger partial charge on any atom is 0.101 e. The van der Waals surface area contributed by atoms with Gasteiger partial charge in [0.15, 0.2) is 0 Å². The van der Waals surface area contributed by atoms with Crippen LogP contribution in [0.25, 0.3) is 0 Å². The zero-order valence-corrected chi connectivity index (χ0v) is 12.4. The highest BCUT2D eigenvalue weighted by Gasteiger charge is 2.24. The van der Waals surface area contributed by atoms with Crippen LogP contribution in [0.5, 0.6) is 0 Å². The minimum absolute atomic E-state index is 0.552. The van der Waals surface area contributed by atoms with Crippen LogP contribution in [0, 0.1) is 17.2 Å². The van der Waals surface area contributed by atoms with E-state index in [4.69, 9.17) is 16.9 Å². The summed E-state index contributed by atoms with van der Waals surface area (Å²) >= 11 is 6.11. The standard InChI is InChI=1S/C16H20ClN3/c17-16-9-15(4-3-13(16)10-18)20-7-5-14(6-8-20)19-11-12-1-2-12/h3-4,9,12,14,19H,1-2,5-8,11H2. The number of nitriles is 1. The van der Waals surface area contributed by atoms with Crippen molar-refractivity contribution in [2.24, 2.45) is 5.92 Å². The lowest BCUT2D eigenvalue weighted by Gasteiger charge is -2.34. The van der Waals surface area contributed by atoms with E-state index < -0.39 is 0 Å². The molecule has 1 heterocycles. The molecule has 1 saturated heterocycles. The first-order chi connectivity index (χ1) is 9.76. The average molecular weight is 290 g/mol. The Hall–Kier alpha value is -1.24. The molecule has 1 aromatic carbocycles. The van der Waals surface area contributed by atoms with E-state index in [0.29, 0.717) is 16.6 Å². The molecule has 0 spiro atoms. The monoisotopic (exact) mass is 289 g/mol. The van der Waals surface area contributed by atoms with Gasteiger partial charge in [0.1, 0.15) is 6.07 Å². The maximum atomic E-state index is 8.91. The highest BCUT2D eigenvalue weighted by Crippen LogP contribution is 2.29. The second kappa shape index (κ2) is 6.03. The van der Waals surface area contributed by atoms with Crippen LogP contribution in [0.2, 0.25) is 5.02 Å². The predicted molar refractivity (Wildman–Crippen MR) is 82.1 cm³/mol. The first-order valence-electron chi connectivity index (χ1n) is 7.44. The first-order valence-corrected chi connectivity index (χ1v) is 7.82. The number of anilines is 1. The lowest BCUT2D eigenvalue weighted by atomic mass is 10.0. The van der Waals surface area contributed by atoms with Gasteiger partial charge in [0.2, 0.25) is 0 Å². The molecule has 0 atom stereocenters. The number of piperidine rings is 1. The van der Waals surface area contributed by atoms with Gasteiger partial charge in [-0.1, -0.05) is 11.6 Å². The molecule has 3 rings (SSSR count). The van der Waals surface area contributed by atoms with E-state index in [1.807, 2.05) is 18.2 Å². The molecule has 20 heavy (non-hydrogen) atoms. The summed E-state index contributed by atoms with van der Waals surface area (Å²) < 4.78 is 0. The summed E-state index contributed by atoms with van der Waals surface area (Å²) in [5, 5.41) is 13.2. The van der Waals surface area contributed by atoms with Gasteiger partial charge >= 0.3 is 0 Å². The summed E-state index contributed by atoms with van der Waals surface area (Å²) in [5.41, 5.74) is 1.69. The summed E-state index contributed by atoms with van der Waals surface area (Å²) in [4.78, 5) is 2.36. The van der Waals surface area contributed by atoms with Crippen molar-refractivity contribution in [2.45, 2.75) is 31.7 Å². The van der Waals surface area contributed by atoms with E-state index in [1.165, 1.54) is 32.2 Å². The Balaban J connectivity index is 1.54. The van der Waals surface area contributed by atoms with Gasteiger partial charge in [-0.2, -0.15) is 5.26 Å². The molecule has 106 valence electrons. The quantitative estimate of drug-likeness (QED) is 0.925. The zero-order chi connectivity index (χ0) is 13.9. The van der Waals surface area contributed by atoms with Crippen LogP contribution in [0.3, 0.4) is 0 Å². The molecule has 1 saturated carbocycles. The van der Waals surface area contributed by atoms with E-state index in [0.717, 1.165) is 24.7 Å². The van der Waals surface area contributed by atoms with Crippen LogP contribution in [-0.2, 0) is 0 Å². The smallest absolute Gasteiger partial charge is 0.101 e. The minimum Gasteiger partial charge on any atom is -0.371 e. The van der Waals surface area contributed by atoms with Gasteiger partial charge in [-0.05, 0) is 56.3 Å². The van der Waals surface area contributed by atoms with Crippen molar-refractivity contribution in [3.63, 3.8) is 0 Å². The number of nitrogens with zero attached hydrogens (tertiary/aromatic N) is 2. The van der Waals surface area contributed by atoms with Gasteiger partial charge in [0, 0.05) is 24.8 Å². The summed E-state index contributed by atoms with van der Waals surface area (Å²) in [6, 6.07) is 8.50. The molecule has 1 aliphatic carbocycles. The van der Waals surface area contributed by atoms with Crippen molar-refractivity contribution in [3.8, 4) is 6.07 Å². The zero-order valence-electron chi connectivity index (χ0n) is 11.6. The molecule has 0 radical (unpaired) electrons. The van der Waals surface area contributed by atoms with Crippen LogP contribution < -0.4 is 10.2 Å². The molecule has 1 aromatic rings. The molecule has 0 amide bonds. The number of nitrogens with one attached hydrogen (secondary N) is 1. The molecule has 0 unspecified atom stereocenters. The largest absolute Gasteiger partial charge is 0.371 e. The fourth-order valence-corrected chi connectivity index (χ4v) is 3.01. The molecule has 2 fully saturated rings. The maximum absolute atomic E-state index is 8.91. The third-order valence-electron chi connectivity index (χ3n) is 4.33. The molecule has 1 N–H and O–H groups in total. The number of halogens is 1. The lowest BCUT2D eigenvalue weighted by molar-refractivity contribution is 0.409. The predicted octanol–water partition coefficient (Wildman–Crippen LogP) is 3.18. The highest BCUT2D eigenvalue weighted by atomic mass is 35.5. The van der Waals surface area contributed by atoms with Crippen molar-refractivity contribution in [3.05, 3.63) is 28.8 Å². The Morgan fingerprint density at radius 3 is 2.60 bits per heavy atom. The molecule has 0 bridgehead atoms. The second-order valence-electron chi connectivity index (χ2n) is 5.89. The number of benzene rings is 1. The van der Waals surface area contributed by atoms with Crippen LogP contribution in [-0.4, -0.2) is 25.7 Å². The first kappa shape index (κ1) is 13.7. The summed E-state index contributed by atoms with van der Waals surface area (Å²) in [6.45, 7) is 3.32. The number of rotatable bonds is 4. The second-order valence-corrected chi connectivity index (χ2v) is 6.30. The molecule has 0 aromatic heterocycles. The average Bonchev–Trinajstić information content (AvgIpc) is 3.30. The van der Waals surface area contributed by atoms with Gasteiger partial charge in [0.05, 0.1) is 10.6 Å². The van der Waals surface area contributed by atoms with Crippen molar-refractivity contribution in [1.29, 1.82) is 5.26 Å². The third kappa shape index (κ3) is 3.26. The summed E-state index contributed by atoms with van der Waals surface area (Å²) in [6.07, 6.45) is 5.19. The molecule has 1 aliphatic heterocycles. The van der Waals surface area contributed by atoms with Crippen molar-refractivity contribution < 1.29 is 0 Å². The van der Waals surface area contributed by atoms with Gasteiger partial charge in [-0.15, -0.1) is 0 Å². The van der Waals surface area contributed by atoms with Gasteiger partial charge < -0.3 is 10.2 Å². The third-order valence-corrected chi connectivity index (χ3v) is 4.64. The van der Waals surface area contributed by atoms with E-state index in [9.17, 15) is 0 Å². The number of hydrogen-bond donors (Lipinski definition) is 1. The van der Waals surface area contributed by atoms with Crippen LogP contribution in [0.4, 0.5) is 5.69 Å². The molecular formula is C16H20ClN3. The van der Waals surface area contributed by atoms with Crippen LogP contribution in [0.15, 0.2) is 18.2 Å². The minimum atomic E-state index is 0.552. The van der Waals surface area contributed by atoms with E-state index in [2.05, 4.69) is 16.3 Å². The Bertz CT molecular complexity index is 511. The number of hydrogen-bond acceptors (Lipinski definition) is 3. The molecule has 2 aliphatic rings. The Morgan fingerprint density at radius 1 is 1.25 bits per heavy atom. The highest BCUT2D eigenvalue weighted by molar-refractivity contribution is 6.32. The fraction of sp³-hybridized carbons (Fsp3) is 0.562. The molecular weight excluding hydrogens is 270 g/mol.